The first-order valence-corrected chi connectivity index (χ1v) is 4.79. The summed E-state index contributed by atoms with van der Waals surface area (Å²) in [5, 5.41) is 14.3. The second-order valence-electron chi connectivity index (χ2n) is 2.51. The Bertz CT molecular complexity index is 441. The minimum Gasteiger partial charge on any atom is -0.316 e. The van der Waals surface area contributed by atoms with E-state index in [9.17, 15) is 0 Å². The van der Waals surface area contributed by atoms with Crippen LogP contribution in [0.25, 0.3) is 0 Å². The minimum atomic E-state index is 0.551. The third-order valence-electron chi connectivity index (χ3n) is 1.56. The number of rotatable bonds is 2. The highest BCUT2D eigenvalue weighted by Gasteiger charge is 1.97. The van der Waals surface area contributed by atoms with Gasteiger partial charge in [-0.2, -0.15) is 5.26 Å². The van der Waals surface area contributed by atoms with Gasteiger partial charge in [0.05, 0.1) is 5.56 Å². The van der Waals surface area contributed by atoms with E-state index in [2.05, 4.69) is 15.3 Å². The molecule has 0 aliphatic heterocycles. The molecule has 14 heavy (non-hydrogen) atoms. The zero-order valence-corrected chi connectivity index (χ0v) is 7.95. The molecule has 0 radical (unpaired) electrons. The van der Waals surface area contributed by atoms with Crippen molar-refractivity contribution in [2.75, 3.05) is 5.32 Å². The van der Waals surface area contributed by atoms with Gasteiger partial charge in [0.2, 0.25) is 0 Å². The average Bonchev–Trinajstić information content (AvgIpc) is 2.72. The maximum absolute atomic E-state index is 8.56. The summed E-state index contributed by atoms with van der Waals surface area (Å²) in [5.74, 6) is 0.693. The summed E-state index contributed by atoms with van der Waals surface area (Å²) in [6.45, 7) is 0. The normalized spacial score (nSPS) is 9.36. The monoisotopic (exact) mass is 202 g/mol. The number of thiazole rings is 1. The number of pyridine rings is 1. The summed E-state index contributed by atoms with van der Waals surface area (Å²) in [4.78, 5) is 8.11. The summed E-state index contributed by atoms with van der Waals surface area (Å²) in [6.07, 6.45) is 3.24. The van der Waals surface area contributed by atoms with Crippen LogP contribution in [0, 0.1) is 11.3 Å². The van der Waals surface area contributed by atoms with E-state index in [0.29, 0.717) is 11.4 Å². The van der Waals surface area contributed by atoms with Crippen LogP contribution in [0.3, 0.4) is 0 Å². The first-order valence-electron chi connectivity index (χ1n) is 3.91. The fraction of sp³-hybridized carbons (Fsp3) is 0. The quantitative estimate of drug-likeness (QED) is 0.810. The van der Waals surface area contributed by atoms with E-state index in [4.69, 9.17) is 5.26 Å². The number of aromatic nitrogens is 2. The summed E-state index contributed by atoms with van der Waals surface area (Å²) >= 11 is 1.50. The van der Waals surface area contributed by atoms with Crippen molar-refractivity contribution in [1.29, 1.82) is 5.26 Å². The Morgan fingerprint density at radius 3 is 2.86 bits per heavy atom. The Kier molecular flexibility index (Phi) is 2.38. The first kappa shape index (κ1) is 8.66. The zero-order chi connectivity index (χ0) is 9.80. The molecule has 0 atom stereocenters. The van der Waals surface area contributed by atoms with Crippen molar-refractivity contribution < 1.29 is 0 Å². The van der Waals surface area contributed by atoms with Crippen LogP contribution in [0.4, 0.5) is 10.9 Å². The molecule has 1 N–H and O–H groups in total. The molecule has 0 saturated heterocycles. The van der Waals surface area contributed by atoms with Crippen molar-refractivity contribution in [3.05, 3.63) is 35.5 Å². The molecule has 5 heteroatoms. The van der Waals surface area contributed by atoms with Crippen LogP contribution in [-0.2, 0) is 0 Å². The van der Waals surface area contributed by atoms with Crippen LogP contribution >= 0.6 is 11.3 Å². The van der Waals surface area contributed by atoms with Crippen LogP contribution in [0.15, 0.2) is 29.9 Å². The zero-order valence-electron chi connectivity index (χ0n) is 7.14. The van der Waals surface area contributed by atoms with Gasteiger partial charge in [-0.05, 0) is 12.1 Å². The highest BCUT2D eigenvalue weighted by atomic mass is 32.1. The first-order chi connectivity index (χ1) is 6.88. The summed E-state index contributed by atoms with van der Waals surface area (Å²) in [6, 6.07) is 5.47. The number of nitriles is 1. The Morgan fingerprint density at radius 1 is 1.36 bits per heavy atom. The molecule has 0 bridgehead atoms. The van der Waals surface area contributed by atoms with E-state index in [1.165, 1.54) is 17.5 Å². The number of hydrogen-bond donors (Lipinski definition) is 1. The van der Waals surface area contributed by atoms with E-state index in [1.807, 2.05) is 11.4 Å². The molecule has 2 rings (SSSR count). The molecule has 0 fully saturated rings. The lowest BCUT2D eigenvalue weighted by atomic mass is 10.3. The van der Waals surface area contributed by atoms with Crippen molar-refractivity contribution in [1.82, 2.24) is 9.97 Å². The molecule has 0 aliphatic carbocycles. The average molecular weight is 202 g/mol. The molecular weight excluding hydrogens is 196 g/mol. The lowest BCUT2D eigenvalue weighted by molar-refractivity contribution is 1.27. The van der Waals surface area contributed by atoms with E-state index >= 15 is 0 Å². The molecule has 0 amide bonds. The number of nitrogens with one attached hydrogen (secondary N) is 1. The topological polar surface area (TPSA) is 61.6 Å². The molecule has 0 aliphatic rings. The Hall–Kier alpha value is -1.93. The molecule has 68 valence electrons. The van der Waals surface area contributed by atoms with Gasteiger partial charge in [0, 0.05) is 17.8 Å². The Morgan fingerprint density at radius 2 is 2.29 bits per heavy atom. The van der Waals surface area contributed by atoms with Gasteiger partial charge in [-0.25, -0.2) is 9.97 Å². The van der Waals surface area contributed by atoms with Crippen molar-refractivity contribution in [2.45, 2.75) is 0 Å². The molecule has 0 aromatic carbocycles. The summed E-state index contributed by atoms with van der Waals surface area (Å²) in [7, 11) is 0. The van der Waals surface area contributed by atoms with Crippen molar-refractivity contribution >= 4 is 22.3 Å². The van der Waals surface area contributed by atoms with Crippen LogP contribution in [0.1, 0.15) is 5.56 Å². The molecule has 2 aromatic rings. The predicted molar refractivity (Wildman–Crippen MR) is 54.3 cm³/mol. The van der Waals surface area contributed by atoms with E-state index in [1.54, 1.807) is 18.3 Å². The molecule has 0 unspecified atom stereocenters. The van der Waals surface area contributed by atoms with Gasteiger partial charge in [-0.1, -0.05) is 0 Å². The summed E-state index contributed by atoms with van der Waals surface area (Å²) in [5.41, 5.74) is 0.551. The van der Waals surface area contributed by atoms with E-state index in [-0.39, 0.29) is 0 Å². The second kappa shape index (κ2) is 3.85. The molecule has 2 heterocycles. The van der Waals surface area contributed by atoms with Gasteiger partial charge in [0.15, 0.2) is 5.13 Å². The lowest BCUT2D eigenvalue weighted by Crippen LogP contribution is -1.92. The largest absolute Gasteiger partial charge is 0.316 e. The highest BCUT2D eigenvalue weighted by Crippen LogP contribution is 2.16. The maximum Gasteiger partial charge on any atom is 0.188 e. The Balaban J connectivity index is 2.15. The number of nitrogens with zero attached hydrogens (tertiary/aromatic N) is 3. The molecule has 4 nitrogen and oxygen atoms in total. The third-order valence-corrected chi connectivity index (χ3v) is 2.25. The van der Waals surface area contributed by atoms with Gasteiger partial charge < -0.3 is 5.32 Å². The van der Waals surface area contributed by atoms with E-state index < -0.39 is 0 Å². The molecule has 2 aromatic heterocycles. The van der Waals surface area contributed by atoms with E-state index in [0.717, 1.165) is 5.13 Å². The van der Waals surface area contributed by atoms with Crippen LogP contribution in [0.2, 0.25) is 0 Å². The maximum atomic E-state index is 8.56. The fourth-order valence-corrected chi connectivity index (χ4v) is 1.46. The minimum absolute atomic E-state index is 0.551. The van der Waals surface area contributed by atoms with Gasteiger partial charge in [-0.3, -0.25) is 0 Å². The fourth-order valence-electron chi connectivity index (χ4n) is 0.929. The van der Waals surface area contributed by atoms with Crippen molar-refractivity contribution in [3.8, 4) is 6.07 Å². The smallest absolute Gasteiger partial charge is 0.188 e. The van der Waals surface area contributed by atoms with Gasteiger partial charge in [0.1, 0.15) is 11.9 Å². The van der Waals surface area contributed by atoms with Crippen molar-refractivity contribution in [3.63, 3.8) is 0 Å². The molecule has 0 saturated carbocycles. The van der Waals surface area contributed by atoms with Gasteiger partial charge in [0.25, 0.3) is 0 Å². The summed E-state index contributed by atoms with van der Waals surface area (Å²) < 4.78 is 0. The number of anilines is 2. The van der Waals surface area contributed by atoms with Crippen LogP contribution in [0.5, 0.6) is 0 Å². The SMILES string of the molecule is N#Cc1ccc(Nc2nccs2)nc1. The van der Waals surface area contributed by atoms with Crippen molar-refractivity contribution in [2.24, 2.45) is 0 Å². The Labute approximate surface area is 84.9 Å². The predicted octanol–water partition coefficient (Wildman–Crippen LogP) is 2.15. The standard InChI is InChI=1S/C9H6N4S/c10-5-7-1-2-8(12-6-7)13-9-11-3-4-14-9/h1-4,6H,(H,11,12,13). The molecular formula is C9H6N4S. The van der Waals surface area contributed by atoms with Crippen LogP contribution < -0.4 is 5.32 Å². The van der Waals surface area contributed by atoms with Crippen LogP contribution in [-0.4, -0.2) is 9.97 Å². The number of hydrogen-bond acceptors (Lipinski definition) is 5. The third kappa shape index (κ3) is 1.87. The van der Waals surface area contributed by atoms with Gasteiger partial charge in [-0.15, -0.1) is 11.3 Å². The second-order valence-corrected chi connectivity index (χ2v) is 3.40. The highest BCUT2D eigenvalue weighted by molar-refractivity contribution is 7.13. The molecule has 0 spiro atoms. The van der Waals surface area contributed by atoms with Gasteiger partial charge >= 0.3 is 0 Å². The lowest BCUT2D eigenvalue weighted by Gasteiger charge is -1.99.